The molecule has 0 N–H and O–H groups in total. The van der Waals surface area contributed by atoms with Gasteiger partial charge < -0.3 is 14.2 Å². The Morgan fingerprint density at radius 2 is 1.69 bits per heavy atom. The minimum Gasteiger partial charge on any atom is -0.496 e. The highest BCUT2D eigenvalue weighted by atomic mass is 32.1. The number of aromatic nitrogens is 1. The van der Waals surface area contributed by atoms with Gasteiger partial charge >= 0.3 is 5.97 Å². The number of benzene rings is 3. The van der Waals surface area contributed by atoms with E-state index >= 15 is 0 Å². The number of methoxy groups -OCH3 is 1. The SMILES string of the molecule is CCOC(=O)C1=C(C)N=c2s/c(=C/c3ccccc3OCc3ccccc3)c(=O)n2[C@@H]1c1ccccc1OC. The Morgan fingerprint density at radius 1 is 1.00 bits per heavy atom. The van der Waals surface area contributed by atoms with Gasteiger partial charge in [0.2, 0.25) is 0 Å². The fraction of sp³-hybridized carbons (Fsp3) is 0.194. The quantitative estimate of drug-likeness (QED) is 0.310. The molecule has 0 amide bonds. The Labute approximate surface area is 229 Å². The number of esters is 1. The molecule has 1 aliphatic rings. The Hall–Kier alpha value is -4.43. The van der Waals surface area contributed by atoms with E-state index in [1.807, 2.05) is 84.9 Å². The summed E-state index contributed by atoms with van der Waals surface area (Å²) >= 11 is 1.27. The Morgan fingerprint density at radius 3 is 2.44 bits per heavy atom. The van der Waals surface area contributed by atoms with Gasteiger partial charge in [-0.3, -0.25) is 9.36 Å². The zero-order chi connectivity index (χ0) is 27.4. The topological polar surface area (TPSA) is 79.1 Å². The van der Waals surface area contributed by atoms with Gasteiger partial charge in [-0.05, 0) is 37.6 Å². The highest BCUT2D eigenvalue weighted by Crippen LogP contribution is 2.35. The van der Waals surface area contributed by atoms with Crippen LogP contribution in [0.5, 0.6) is 11.5 Å². The average molecular weight is 541 g/mol. The number of hydrogen-bond acceptors (Lipinski definition) is 7. The van der Waals surface area contributed by atoms with E-state index < -0.39 is 12.0 Å². The van der Waals surface area contributed by atoms with Crippen LogP contribution in [0.4, 0.5) is 0 Å². The molecule has 0 radical (unpaired) electrons. The van der Waals surface area contributed by atoms with Gasteiger partial charge in [0.05, 0.1) is 29.5 Å². The van der Waals surface area contributed by atoms with E-state index in [1.54, 1.807) is 25.5 Å². The van der Waals surface area contributed by atoms with Gasteiger partial charge in [0.15, 0.2) is 4.80 Å². The van der Waals surface area contributed by atoms with Crippen LogP contribution in [0.2, 0.25) is 0 Å². The van der Waals surface area contributed by atoms with Crippen molar-refractivity contribution in [2.24, 2.45) is 4.99 Å². The van der Waals surface area contributed by atoms with Crippen LogP contribution in [-0.2, 0) is 16.1 Å². The molecule has 0 fully saturated rings. The van der Waals surface area contributed by atoms with E-state index in [9.17, 15) is 9.59 Å². The van der Waals surface area contributed by atoms with Crippen LogP contribution in [0.1, 0.15) is 36.6 Å². The summed E-state index contributed by atoms with van der Waals surface area (Å²) < 4.78 is 19.1. The number of allylic oxidation sites excluding steroid dienone is 1. The van der Waals surface area contributed by atoms with Crippen LogP contribution < -0.4 is 24.4 Å². The molecule has 1 aliphatic heterocycles. The van der Waals surface area contributed by atoms with Crippen molar-refractivity contribution < 1.29 is 19.0 Å². The summed E-state index contributed by atoms with van der Waals surface area (Å²) in [5.74, 6) is 0.716. The Kier molecular flexibility index (Phi) is 7.74. The lowest BCUT2D eigenvalue weighted by molar-refractivity contribution is -0.139. The molecule has 0 spiro atoms. The monoisotopic (exact) mass is 540 g/mol. The van der Waals surface area contributed by atoms with Gasteiger partial charge in [-0.15, -0.1) is 0 Å². The summed E-state index contributed by atoms with van der Waals surface area (Å²) in [6.07, 6.45) is 1.81. The van der Waals surface area contributed by atoms with Crippen LogP contribution >= 0.6 is 11.3 Å². The fourth-order valence-electron chi connectivity index (χ4n) is 4.59. The lowest BCUT2D eigenvalue weighted by atomic mass is 9.95. The number of para-hydroxylation sites is 2. The summed E-state index contributed by atoms with van der Waals surface area (Å²) in [5.41, 5.74) is 3.05. The van der Waals surface area contributed by atoms with Crippen molar-refractivity contribution in [3.8, 4) is 11.5 Å². The van der Waals surface area contributed by atoms with Crippen molar-refractivity contribution in [2.75, 3.05) is 13.7 Å². The molecule has 0 saturated carbocycles. The molecular weight excluding hydrogens is 512 g/mol. The molecule has 0 unspecified atom stereocenters. The van der Waals surface area contributed by atoms with E-state index in [4.69, 9.17) is 14.2 Å². The van der Waals surface area contributed by atoms with Gasteiger partial charge in [0.1, 0.15) is 24.1 Å². The normalized spacial score (nSPS) is 14.9. The van der Waals surface area contributed by atoms with Crippen molar-refractivity contribution in [1.82, 2.24) is 4.57 Å². The molecular formula is C31H28N2O5S. The first-order chi connectivity index (χ1) is 19.0. The van der Waals surface area contributed by atoms with Crippen molar-refractivity contribution in [3.63, 3.8) is 0 Å². The number of carbonyl (C=O) groups is 1. The second kappa shape index (κ2) is 11.5. The van der Waals surface area contributed by atoms with Crippen LogP contribution in [0.3, 0.4) is 0 Å². The van der Waals surface area contributed by atoms with Crippen LogP contribution in [0.15, 0.2) is 99.9 Å². The minimum absolute atomic E-state index is 0.207. The first-order valence-corrected chi connectivity index (χ1v) is 13.4. The van der Waals surface area contributed by atoms with Crippen LogP contribution in [0, 0.1) is 0 Å². The predicted molar refractivity (Wildman–Crippen MR) is 151 cm³/mol. The summed E-state index contributed by atoms with van der Waals surface area (Å²) in [6.45, 7) is 4.12. The molecule has 2 heterocycles. The molecule has 1 atom stereocenters. The van der Waals surface area contributed by atoms with Crippen molar-refractivity contribution in [2.45, 2.75) is 26.5 Å². The number of hydrogen-bond donors (Lipinski definition) is 0. The lowest BCUT2D eigenvalue weighted by Gasteiger charge is -2.25. The second-order valence-electron chi connectivity index (χ2n) is 8.86. The first kappa shape index (κ1) is 26.2. The summed E-state index contributed by atoms with van der Waals surface area (Å²) in [7, 11) is 1.57. The third-order valence-electron chi connectivity index (χ3n) is 6.39. The number of carbonyl (C=O) groups excluding carboxylic acids is 1. The molecule has 0 aliphatic carbocycles. The summed E-state index contributed by atoms with van der Waals surface area (Å²) in [4.78, 5) is 32.2. The number of thiazole rings is 1. The average Bonchev–Trinajstić information content (AvgIpc) is 3.26. The van der Waals surface area contributed by atoms with Gasteiger partial charge in [0, 0.05) is 11.1 Å². The maximum absolute atomic E-state index is 14.0. The highest BCUT2D eigenvalue weighted by molar-refractivity contribution is 7.07. The van der Waals surface area contributed by atoms with Gasteiger partial charge in [-0.2, -0.15) is 0 Å². The largest absolute Gasteiger partial charge is 0.496 e. The molecule has 0 bridgehead atoms. The van der Waals surface area contributed by atoms with E-state index in [2.05, 4.69) is 4.99 Å². The molecule has 4 aromatic rings. The number of nitrogens with zero attached hydrogens (tertiary/aromatic N) is 2. The molecule has 5 rings (SSSR count). The molecule has 3 aromatic carbocycles. The summed E-state index contributed by atoms with van der Waals surface area (Å²) in [5, 5.41) is 0. The molecule has 1 aromatic heterocycles. The fourth-order valence-corrected chi connectivity index (χ4v) is 5.62. The van der Waals surface area contributed by atoms with E-state index in [0.29, 0.717) is 44.3 Å². The summed E-state index contributed by atoms with van der Waals surface area (Å²) in [6, 6.07) is 24.1. The number of rotatable bonds is 8. The third kappa shape index (κ3) is 5.28. The maximum atomic E-state index is 14.0. The standard InChI is InChI=1S/C31H28N2O5S/c1-4-37-30(35)27-20(2)32-31-33(28(27)23-15-9-11-17-25(23)36-3)29(34)26(39-31)18-22-14-8-10-16-24(22)38-19-21-12-6-5-7-13-21/h5-18,28H,4,19H2,1-3H3/b26-18+/t28-/m1/s1. The smallest absolute Gasteiger partial charge is 0.338 e. The Balaban J connectivity index is 1.63. The van der Waals surface area contributed by atoms with E-state index in [0.717, 1.165) is 11.1 Å². The molecule has 198 valence electrons. The number of fused-ring (bicyclic) bond motifs is 1. The molecule has 39 heavy (non-hydrogen) atoms. The molecule has 0 saturated heterocycles. The van der Waals surface area contributed by atoms with Crippen LogP contribution in [0.25, 0.3) is 6.08 Å². The van der Waals surface area contributed by atoms with Gasteiger partial charge in [-0.1, -0.05) is 78.1 Å². The predicted octanol–water partition coefficient (Wildman–Crippen LogP) is 4.39. The first-order valence-electron chi connectivity index (χ1n) is 12.6. The second-order valence-corrected chi connectivity index (χ2v) is 9.87. The molecule has 8 heteroatoms. The van der Waals surface area contributed by atoms with Crippen molar-refractivity contribution in [3.05, 3.63) is 127 Å². The zero-order valence-corrected chi connectivity index (χ0v) is 22.7. The van der Waals surface area contributed by atoms with Crippen LogP contribution in [-0.4, -0.2) is 24.3 Å². The van der Waals surface area contributed by atoms with Crippen molar-refractivity contribution >= 4 is 23.4 Å². The van der Waals surface area contributed by atoms with Gasteiger partial charge in [-0.25, -0.2) is 9.79 Å². The van der Waals surface area contributed by atoms with E-state index in [1.165, 1.54) is 11.3 Å². The van der Waals surface area contributed by atoms with Gasteiger partial charge in [0.25, 0.3) is 5.56 Å². The third-order valence-corrected chi connectivity index (χ3v) is 7.38. The number of ether oxygens (including phenoxy) is 3. The molecule has 7 nitrogen and oxygen atoms in total. The maximum Gasteiger partial charge on any atom is 0.338 e. The minimum atomic E-state index is -0.747. The van der Waals surface area contributed by atoms with E-state index in [-0.39, 0.29) is 12.2 Å². The zero-order valence-electron chi connectivity index (χ0n) is 21.9. The Bertz CT molecular complexity index is 1720. The highest BCUT2D eigenvalue weighted by Gasteiger charge is 2.34. The lowest BCUT2D eigenvalue weighted by Crippen LogP contribution is -2.40. The van der Waals surface area contributed by atoms with Crippen molar-refractivity contribution in [1.29, 1.82) is 0 Å².